The zero-order valence-electron chi connectivity index (χ0n) is 14.2. The molecule has 0 saturated heterocycles. The molecule has 26 heavy (non-hydrogen) atoms. The van der Waals surface area contributed by atoms with Gasteiger partial charge in [0.15, 0.2) is 12.4 Å². The minimum Gasteiger partial charge on any atom is -0.457 e. The highest BCUT2D eigenvalue weighted by molar-refractivity contribution is 5.99. The summed E-state index contributed by atoms with van der Waals surface area (Å²) in [5, 5.41) is 2.61. The van der Waals surface area contributed by atoms with E-state index >= 15 is 0 Å². The molecule has 0 aliphatic heterocycles. The standard InChI is InChI=1S/C20H18FNO4/c1-12(23)22-16-8-4-14(5-9-16)19(24)11-26-20(25)18-10-17(18)13-2-6-15(21)7-3-13/h2-9,17-18H,10-11H2,1H3,(H,22,23). The first-order chi connectivity index (χ1) is 12.4. The predicted molar refractivity (Wildman–Crippen MR) is 93.3 cm³/mol. The van der Waals surface area contributed by atoms with Crippen LogP contribution in [-0.4, -0.2) is 24.3 Å². The third-order valence-electron chi connectivity index (χ3n) is 4.26. The van der Waals surface area contributed by atoms with Crippen molar-refractivity contribution < 1.29 is 23.5 Å². The molecule has 2 atom stereocenters. The number of nitrogens with one attached hydrogen (secondary N) is 1. The second-order valence-corrected chi connectivity index (χ2v) is 6.29. The average molecular weight is 355 g/mol. The fourth-order valence-corrected chi connectivity index (χ4v) is 2.80. The summed E-state index contributed by atoms with van der Waals surface area (Å²) >= 11 is 0. The maximum atomic E-state index is 12.9. The van der Waals surface area contributed by atoms with E-state index in [1.54, 1.807) is 36.4 Å². The zero-order valence-corrected chi connectivity index (χ0v) is 14.2. The first kappa shape index (κ1) is 17.8. The molecule has 2 aromatic rings. The van der Waals surface area contributed by atoms with Crippen LogP contribution in [-0.2, 0) is 14.3 Å². The Morgan fingerprint density at radius 2 is 1.73 bits per heavy atom. The van der Waals surface area contributed by atoms with Crippen LogP contribution in [0.15, 0.2) is 48.5 Å². The number of ketones is 1. The summed E-state index contributed by atoms with van der Waals surface area (Å²) in [6.45, 7) is 1.07. The number of benzene rings is 2. The van der Waals surface area contributed by atoms with Crippen molar-refractivity contribution in [3.8, 4) is 0 Å². The van der Waals surface area contributed by atoms with E-state index in [4.69, 9.17) is 4.74 Å². The SMILES string of the molecule is CC(=O)Nc1ccc(C(=O)COC(=O)C2CC2c2ccc(F)cc2)cc1. The van der Waals surface area contributed by atoms with Gasteiger partial charge in [0.25, 0.3) is 0 Å². The number of ether oxygens (including phenoxy) is 1. The van der Waals surface area contributed by atoms with E-state index in [2.05, 4.69) is 5.32 Å². The van der Waals surface area contributed by atoms with Crippen LogP contribution in [0.3, 0.4) is 0 Å². The van der Waals surface area contributed by atoms with Gasteiger partial charge < -0.3 is 10.1 Å². The minimum atomic E-state index is -0.414. The Kier molecular flexibility index (Phi) is 5.11. The Morgan fingerprint density at radius 1 is 1.08 bits per heavy atom. The van der Waals surface area contributed by atoms with Crippen LogP contribution in [0.2, 0.25) is 0 Å². The number of carbonyl (C=O) groups is 3. The normalized spacial score (nSPS) is 18.1. The summed E-state index contributed by atoms with van der Waals surface area (Å²) in [5.41, 5.74) is 1.89. The number of carbonyl (C=O) groups excluding carboxylic acids is 3. The molecule has 0 aromatic heterocycles. The van der Waals surface area contributed by atoms with E-state index in [-0.39, 0.29) is 36.0 Å². The number of esters is 1. The molecule has 5 nitrogen and oxygen atoms in total. The Balaban J connectivity index is 1.49. The zero-order chi connectivity index (χ0) is 18.7. The van der Waals surface area contributed by atoms with Crippen LogP contribution in [0.1, 0.15) is 35.2 Å². The topological polar surface area (TPSA) is 72.5 Å². The van der Waals surface area contributed by atoms with Crippen molar-refractivity contribution in [2.75, 3.05) is 11.9 Å². The Hall–Kier alpha value is -3.02. The molecule has 0 heterocycles. The summed E-state index contributed by atoms with van der Waals surface area (Å²) in [6.07, 6.45) is 0.643. The summed E-state index contributed by atoms with van der Waals surface area (Å²) in [7, 11) is 0. The minimum absolute atomic E-state index is 0.0233. The maximum Gasteiger partial charge on any atom is 0.310 e. The van der Waals surface area contributed by atoms with Crippen LogP contribution in [0, 0.1) is 11.7 Å². The largest absolute Gasteiger partial charge is 0.457 e. The lowest BCUT2D eigenvalue weighted by Gasteiger charge is -2.06. The number of hydrogen-bond donors (Lipinski definition) is 1. The van der Waals surface area contributed by atoms with Gasteiger partial charge in [-0.05, 0) is 54.3 Å². The number of Topliss-reactive ketones (excluding diaryl/α,β-unsaturated/α-hetero) is 1. The molecule has 1 saturated carbocycles. The lowest BCUT2D eigenvalue weighted by atomic mass is 10.1. The second-order valence-electron chi connectivity index (χ2n) is 6.29. The van der Waals surface area contributed by atoms with Gasteiger partial charge in [-0.25, -0.2) is 4.39 Å². The molecule has 1 fully saturated rings. The van der Waals surface area contributed by atoms with Gasteiger partial charge in [-0.3, -0.25) is 14.4 Å². The Morgan fingerprint density at radius 3 is 2.35 bits per heavy atom. The summed E-state index contributed by atoms with van der Waals surface area (Å²) in [5.74, 6) is -1.50. The lowest BCUT2D eigenvalue weighted by molar-refractivity contribution is -0.144. The molecule has 1 aliphatic carbocycles. The number of anilines is 1. The molecule has 2 aromatic carbocycles. The smallest absolute Gasteiger partial charge is 0.310 e. The van der Waals surface area contributed by atoms with Crippen molar-refractivity contribution in [3.05, 3.63) is 65.5 Å². The van der Waals surface area contributed by atoms with E-state index in [0.29, 0.717) is 17.7 Å². The van der Waals surface area contributed by atoms with E-state index < -0.39 is 5.97 Å². The molecule has 2 unspecified atom stereocenters. The van der Waals surface area contributed by atoms with Crippen LogP contribution in [0.4, 0.5) is 10.1 Å². The molecular formula is C20H18FNO4. The first-order valence-corrected chi connectivity index (χ1v) is 8.27. The van der Waals surface area contributed by atoms with E-state index in [9.17, 15) is 18.8 Å². The molecular weight excluding hydrogens is 337 g/mol. The Bertz CT molecular complexity index is 830. The monoisotopic (exact) mass is 355 g/mol. The van der Waals surface area contributed by atoms with Crippen LogP contribution in [0.25, 0.3) is 0 Å². The quantitative estimate of drug-likeness (QED) is 0.637. The van der Waals surface area contributed by atoms with Gasteiger partial charge in [0, 0.05) is 18.2 Å². The van der Waals surface area contributed by atoms with E-state index in [0.717, 1.165) is 5.56 Å². The third-order valence-corrected chi connectivity index (χ3v) is 4.26. The maximum absolute atomic E-state index is 12.9. The number of amides is 1. The van der Waals surface area contributed by atoms with E-state index in [1.165, 1.54) is 19.1 Å². The van der Waals surface area contributed by atoms with Crippen molar-refractivity contribution in [1.29, 1.82) is 0 Å². The number of halogens is 1. The summed E-state index contributed by atoms with van der Waals surface area (Å²) in [4.78, 5) is 35.2. The van der Waals surface area contributed by atoms with Gasteiger partial charge >= 0.3 is 5.97 Å². The lowest BCUT2D eigenvalue weighted by Crippen LogP contribution is -2.16. The third kappa shape index (κ3) is 4.33. The number of hydrogen-bond acceptors (Lipinski definition) is 4. The molecule has 1 N–H and O–H groups in total. The predicted octanol–water partition coefficient (Wildman–Crippen LogP) is 3.31. The molecule has 0 spiro atoms. The van der Waals surface area contributed by atoms with Gasteiger partial charge in [-0.15, -0.1) is 0 Å². The summed E-state index contributed by atoms with van der Waals surface area (Å²) in [6, 6.07) is 12.4. The molecule has 0 bridgehead atoms. The van der Waals surface area contributed by atoms with Gasteiger partial charge in [0.1, 0.15) is 5.82 Å². The fourth-order valence-electron chi connectivity index (χ4n) is 2.80. The molecule has 0 radical (unpaired) electrons. The van der Waals surface area contributed by atoms with Gasteiger partial charge in [-0.1, -0.05) is 12.1 Å². The van der Waals surface area contributed by atoms with Crippen LogP contribution < -0.4 is 5.32 Å². The van der Waals surface area contributed by atoms with Crippen molar-refractivity contribution in [2.24, 2.45) is 5.92 Å². The van der Waals surface area contributed by atoms with Crippen molar-refractivity contribution in [3.63, 3.8) is 0 Å². The Labute approximate surface area is 150 Å². The highest BCUT2D eigenvalue weighted by Gasteiger charge is 2.45. The molecule has 134 valence electrons. The van der Waals surface area contributed by atoms with Crippen molar-refractivity contribution >= 4 is 23.3 Å². The van der Waals surface area contributed by atoms with Gasteiger partial charge in [-0.2, -0.15) is 0 Å². The van der Waals surface area contributed by atoms with Crippen LogP contribution in [0.5, 0.6) is 0 Å². The summed E-state index contributed by atoms with van der Waals surface area (Å²) < 4.78 is 18.1. The molecule has 1 amide bonds. The first-order valence-electron chi connectivity index (χ1n) is 8.27. The molecule has 6 heteroatoms. The number of rotatable bonds is 6. The highest BCUT2D eigenvalue weighted by Crippen LogP contribution is 2.48. The molecule has 1 aliphatic rings. The highest BCUT2D eigenvalue weighted by atomic mass is 19.1. The van der Waals surface area contributed by atoms with Gasteiger partial charge in [0.05, 0.1) is 5.92 Å². The van der Waals surface area contributed by atoms with Crippen LogP contribution >= 0.6 is 0 Å². The van der Waals surface area contributed by atoms with Gasteiger partial charge in [0.2, 0.25) is 5.91 Å². The fraction of sp³-hybridized carbons (Fsp3) is 0.250. The molecule has 3 rings (SSSR count). The average Bonchev–Trinajstić information content (AvgIpc) is 3.41. The van der Waals surface area contributed by atoms with Crippen molar-refractivity contribution in [2.45, 2.75) is 19.3 Å². The second kappa shape index (κ2) is 7.47. The van der Waals surface area contributed by atoms with E-state index in [1.807, 2.05) is 0 Å². The van der Waals surface area contributed by atoms with Crippen molar-refractivity contribution in [1.82, 2.24) is 0 Å².